The average molecular weight is 298 g/mol. The van der Waals surface area contributed by atoms with Crippen molar-refractivity contribution in [3.05, 3.63) is 59.8 Å². The third-order valence-corrected chi connectivity index (χ3v) is 3.22. The lowest BCUT2D eigenvalue weighted by Gasteiger charge is -2.06. The van der Waals surface area contributed by atoms with Crippen molar-refractivity contribution in [2.45, 2.75) is 6.92 Å². The molecule has 0 unspecified atom stereocenters. The van der Waals surface area contributed by atoms with E-state index in [2.05, 4.69) is 15.1 Å². The molecule has 0 aliphatic heterocycles. The van der Waals surface area contributed by atoms with Gasteiger partial charge in [0.15, 0.2) is 0 Å². The molecule has 3 aromatic rings. The Labute approximate surface area is 124 Å². The minimum absolute atomic E-state index is 0.0693. The summed E-state index contributed by atoms with van der Waals surface area (Å²) in [5.41, 5.74) is 1.21. The van der Waals surface area contributed by atoms with E-state index in [9.17, 15) is 9.18 Å². The maximum atomic E-state index is 13.8. The van der Waals surface area contributed by atoms with Crippen LogP contribution in [0.25, 0.3) is 17.2 Å². The van der Waals surface area contributed by atoms with E-state index in [4.69, 9.17) is 5.11 Å². The maximum Gasteiger partial charge on any atom is 0.339 e. The third kappa shape index (κ3) is 2.32. The zero-order chi connectivity index (χ0) is 15.7. The van der Waals surface area contributed by atoms with Gasteiger partial charge in [0.2, 0.25) is 0 Å². The molecule has 0 amide bonds. The number of hydrogen-bond donors (Lipinski definition) is 1. The second kappa shape index (κ2) is 5.36. The van der Waals surface area contributed by atoms with Crippen LogP contribution in [0.15, 0.2) is 42.7 Å². The normalized spacial score (nSPS) is 10.6. The molecule has 7 heteroatoms. The van der Waals surface area contributed by atoms with Crippen LogP contribution in [-0.4, -0.2) is 30.8 Å². The molecule has 22 heavy (non-hydrogen) atoms. The molecule has 0 aliphatic rings. The van der Waals surface area contributed by atoms with E-state index in [1.807, 2.05) is 0 Å². The molecule has 0 bridgehead atoms. The van der Waals surface area contributed by atoms with Crippen LogP contribution in [0, 0.1) is 12.7 Å². The van der Waals surface area contributed by atoms with Gasteiger partial charge in [-0.2, -0.15) is 5.10 Å². The second-order valence-corrected chi connectivity index (χ2v) is 4.58. The van der Waals surface area contributed by atoms with Gasteiger partial charge in [-0.05, 0) is 25.1 Å². The summed E-state index contributed by atoms with van der Waals surface area (Å²) < 4.78 is 15.2. The van der Waals surface area contributed by atoms with Gasteiger partial charge >= 0.3 is 5.97 Å². The number of aromatic nitrogens is 4. The van der Waals surface area contributed by atoms with Gasteiger partial charge in [0.1, 0.15) is 11.4 Å². The first-order valence-corrected chi connectivity index (χ1v) is 6.44. The molecule has 1 aromatic carbocycles. The molecule has 0 fully saturated rings. The third-order valence-electron chi connectivity index (χ3n) is 3.22. The topological polar surface area (TPSA) is 80.9 Å². The van der Waals surface area contributed by atoms with Crippen molar-refractivity contribution < 1.29 is 14.3 Å². The van der Waals surface area contributed by atoms with E-state index < -0.39 is 11.8 Å². The highest BCUT2D eigenvalue weighted by atomic mass is 19.1. The van der Waals surface area contributed by atoms with Crippen molar-refractivity contribution in [2.75, 3.05) is 0 Å². The fraction of sp³-hybridized carbons (Fsp3) is 0.0667. The zero-order valence-electron chi connectivity index (χ0n) is 11.6. The smallest absolute Gasteiger partial charge is 0.339 e. The zero-order valence-corrected chi connectivity index (χ0v) is 11.6. The molecule has 0 saturated heterocycles. The Bertz CT molecular complexity index is 860. The molecule has 1 N–H and O–H groups in total. The molecular formula is C15H11FN4O2. The number of nitrogens with zero attached hydrogens (tertiary/aromatic N) is 4. The van der Waals surface area contributed by atoms with E-state index in [0.29, 0.717) is 17.0 Å². The number of benzene rings is 1. The average Bonchev–Trinajstić information content (AvgIpc) is 2.90. The Kier molecular flexibility index (Phi) is 3.38. The number of halogens is 1. The molecule has 0 spiro atoms. The summed E-state index contributed by atoms with van der Waals surface area (Å²) in [5, 5.41) is 13.0. The molecule has 3 rings (SSSR count). The van der Waals surface area contributed by atoms with Gasteiger partial charge in [-0.25, -0.2) is 23.8 Å². The monoisotopic (exact) mass is 298 g/mol. The molecule has 0 radical (unpaired) electrons. The van der Waals surface area contributed by atoms with Crippen LogP contribution in [0.4, 0.5) is 4.39 Å². The van der Waals surface area contributed by atoms with Gasteiger partial charge in [-0.3, -0.25) is 0 Å². The van der Waals surface area contributed by atoms with Crippen LogP contribution in [0.2, 0.25) is 0 Å². The Morgan fingerprint density at radius 2 is 2.05 bits per heavy atom. The molecule has 2 heterocycles. The van der Waals surface area contributed by atoms with Crippen LogP contribution in [0.5, 0.6) is 0 Å². The van der Waals surface area contributed by atoms with Crippen molar-refractivity contribution in [3.63, 3.8) is 0 Å². The summed E-state index contributed by atoms with van der Waals surface area (Å²) in [7, 11) is 0. The fourth-order valence-corrected chi connectivity index (χ4v) is 2.09. The van der Waals surface area contributed by atoms with Crippen LogP contribution in [-0.2, 0) is 0 Å². The van der Waals surface area contributed by atoms with E-state index in [-0.39, 0.29) is 11.5 Å². The summed E-state index contributed by atoms with van der Waals surface area (Å²) in [6.45, 7) is 1.61. The molecule has 2 aromatic heterocycles. The van der Waals surface area contributed by atoms with Crippen molar-refractivity contribution in [3.8, 4) is 17.2 Å². The minimum atomic E-state index is -1.07. The number of carboxylic acids is 1. The molecule has 110 valence electrons. The Morgan fingerprint density at radius 3 is 2.73 bits per heavy atom. The molecule has 0 atom stereocenters. The first kappa shape index (κ1) is 13.9. The minimum Gasteiger partial charge on any atom is -0.478 e. The van der Waals surface area contributed by atoms with E-state index in [1.54, 1.807) is 31.2 Å². The predicted octanol–water partition coefficient (Wildman–Crippen LogP) is 2.48. The summed E-state index contributed by atoms with van der Waals surface area (Å²) in [5.74, 6) is -1.28. The number of aromatic carboxylic acids is 1. The summed E-state index contributed by atoms with van der Waals surface area (Å²) in [4.78, 5) is 19.4. The maximum absolute atomic E-state index is 13.8. The van der Waals surface area contributed by atoms with Gasteiger partial charge in [0, 0.05) is 11.8 Å². The van der Waals surface area contributed by atoms with Crippen LogP contribution in [0.3, 0.4) is 0 Å². The highest BCUT2D eigenvalue weighted by molar-refractivity contribution is 5.88. The van der Waals surface area contributed by atoms with E-state index in [1.165, 1.54) is 23.1 Å². The van der Waals surface area contributed by atoms with Crippen molar-refractivity contribution >= 4 is 5.97 Å². The number of carbonyl (C=O) groups is 1. The van der Waals surface area contributed by atoms with Crippen molar-refractivity contribution in [2.24, 2.45) is 0 Å². The van der Waals surface area contributed by atoms with Gasteiger partial charge < -0.3 is 5.11 Å². The van der Waals surface area contributed by atoms with Crippen LogP contribution in [0.1, 0.15) is 16.1 Å². The summed E-state index contributed by atoms with van der Waals surface area (Å²) >= 11 is 0. The predicted molar refractivity (Wildman–Crippen MR) is 76.2 cm³/mol. The van der Waals surface area contributed by atoms with Crippen LogP contribution >= 0.6 is 0 Å². The van der Waals surface area contributed by atoms with Crippen molar-refractivity contribution in [1.82, 2.24) is 19.7 Å². The van der Waals surface area contributed by atoms with E-state index in [0.717, 1.165) is 0 Å². The molecule has 0 saturated carbocycles. The first-order valence-electron chi connectivity index (χ1n) is 6.44. The molecule has 0 aliphatic carbocycles. The van der Waals surface area contributed by atoms with Gasteiger partial charge in [-0.15, -0.1) is 0 Å². The first-order chi connectivity index (χ1) is 10.6. The number of hydrogen-bond acceptors (Lipinski definition) is 4. The number of rotatable bonds is 3. The molecule has 6 nitrogen and oxygen atoms in total. The highest BCUT2D eigenvalue weighted by Crippen LogP contribution is 2.21. The SMILES string of the molecule is Cc1c(C(=O)O)cnn1-c1nccc(-c2ccccc2F)n1. The Balaban J connectivity index is 2.09. The lowest BCUT2D eigenvalue weighted by Crippen LogP contribution is -2.07. The lowest BCUT2D eigenvalue weighted by atomic mass is 10.1. The lowest BCUT2D eigenvalue weighted by molar-refractivity contribution is 0.0696. The summed E-state index contributed by atoms with van der Waals surface area (Å²) in [6, 6.07) is 7.84. The number of carboxylic acid groups (broad SMARTS) is 1. The standard InChI is InChI=1S/C15H11FN4O2/c1-9-11(14(21)22)8-18-20(9)15-17-7-6-13(19-15)10-4-2-3-5-12(10)16/h2-8H,1H3,(H,21,22). The Morgan fingerprint density at radius 1 is 1.27 bits per heavy atom. The largest absolute Gasteiger partial charge is 0.478 e. The van der Waals surface area contributed by atoms with Crippen molar-refractivity contribution in [1.29, 1.82) is 0 Å². The quantitative estimate of drug-likeness (QED) is 0.803. The van der Waals surface area contributed by atoms with Gasteiger partial charge in [0.25, 0.3) is 5.95 Å². The fourth-order valence-electron chi connectivity index (χ4n) is 2.09. The Hall–Kier alpha value is -3.09. The second-order valence-electron chi connectivity index (χ2n) is 4.58. The molecular weight excluding hydrogens is 287 g/mol. The highest BCUT2D eigenvalue weighted by Gasteiger charge is 2.16. The summed E-state index contributed by atoms with van der Waals surface area (Å²) in [6.07, 6.45) is 2.71. The van der Waals surface area contributed by atoms with Gasteiger partial charge in [-0.1, -0.05) is 12.1 Å². The van der Waals surface area contributed by atoms with E-state index >= 15 is 0 Å². The van der Waals surface area contributed by atoms with Crippen LogP contribution < -0.4 is 0 Å². The van der Waals surface area contributed by atoms with Gasteiger partial charge in [0.05, 0.1) is 17.6 Å².